The molecule has 32 heavy (non-hydrogen) atoms. The Balaban J connectivity index is 1.85. The lowest BCUT2D eigenvalue weighted by Crippen LogP contribution is -2.57. The second-order valence-corrected chi connectivity index (χ2v) is 8.21. The van der Waals surface area contributed by atoms with Gasteiger partial charge in [-0.15, -0.1) is 6.58 Å². The highest BCUT2D eigenvalue weighted by atomic mass is 16.5. The maximum atomic E-state index is 13.5. The molecule has 2 fully saturated rings. The summed E-state index contributed by atoms with van der Waals surface area (Å²) in [5.41, 5.74) is -0.202. The molecule has 0 bridgehead atoms. The van der Waals surface area contributed by atoms with Crippen LogP contribution in [0.4, 0.5) is 0 Å². The highest BCUT2D eigenvalue weighted by molar-refractivity contribution is 6.09. The molecule has 2 aromatic carbocycles. The number of carbonyl (C=O) groups is 3. The number of carboxylic acids is 1. The maximum absolute atomic E-state index is 13.5. The van der Waals surface area contributed by atoms with Crippen molar-refractivity contribution in [1.29, 1.82) is 0 Å². The first-order valence-electron chi connectivity index (χ1n) is 10.6. The molecular weight excluding hydrogens is 408 g/mol. The van der Waals surface area contributed by atoms with Gasteiger partial charge in [0.25, 0.3) is 0 Å². The number of nitrogens with zero attached hydrogens (tertiary/aromatic N) is 1. The van der Waals surface area contributed by atoms with Gasteiger partial charge in [0, 0.05) is 24.6 Å². The molecule has 4 atom stereocenters. The number of nitrogens with one attached hydrogen (secondary N) is 1. The van der Waals surface area contributed by atoms with Crippen LogP contribution in [0.5, 0.6) is 5.75 Å². The SMILES string of the molecule is C=CCCN1C(=O)C2C(c3ccccc3OC)NC(Cc3ccccc3)(C(=O)O)C2C1=O. The van der Waals surface area contributed by atoms with E-state index in [1.807, 2.05) is 36.4 Å². The summed E-state index contributed by atoms with van der Waals surface area (Å²) in [6.45, 7) is 3.86. The molecule has 2 saturated heterocycles. The van der Waals surface area contributed by atoms with Crippen molar-refractivity contribution in [3.8, 4) is 5.75 Å². The normalized spacial score (nSPS) is 26.8. The van der Waals surface area contributed by atoms with E-state index in [1.165, 1.54) is 12.0 Å². The number of fused-ring (bicyclic) bond motifs is 1. The first-order chi connectivity index (χ1) is 15.4. The second-order valence-electron chi connectivity index (χ2n) is 8.21. The van der Waals surface area contributed by atoms with Crippen molar-refractivity contribution in [3.63, 3.8) is 0 Å². The van der Waals surface area contributed by atoms with Gasteiger partial charge in [-0.3, -0.25) is 24.6 Å². The molecule has 7 heteroatoms. The topological polar surface area (TPSA) is 95.9 Å². The van der Waals surface area contributed by atoms with Gasteiger partial charge in [0.15, 0.2) is 0 Å². The standard InChI is InChI=1S/C25H26N2O5/c1-3-4-14-27-22(28)19-20(23(27)29)25(24(30)31,15-16-10-6-5-7-11-16)26-21(19)17-12-8-9-13-18(17)32-2/h3,5-13,19-21,26H,1,4,14-15H2,2H3,(H,30,31). The summed E-state index contributed by atoms with van der Waals surface area (Å²) in [5.74, 6) is -3.31. The van der Waals surface area contributed by atoms with Crippen molar-refractivity contribution >= 4 is 17.8 Å². The molecule has 0 spiro atoms. The number of aliphatic carboxylic acids is 1. The number of rotatable bonds is 8. The number of carboxylic acid groups (broad SMARTS) is 1. The fourth-order valence-electron chi connectivity index (χ4n) is 5.05. The van der Waals surface area contributed by atoms with Gasteiger partial charge < -0.3 is 9.84 Å². The van der Waals surface area contributed by atoms with Crippen LogP contribution in [0.3, 0.4) is 0 Å². The average molecular weight is 434 g/mol. The molecule has 2 N–H and O–H groups in total. The summed E-state index contributed by atoms with van der Waals surface area (Å²) in [7, 11) is 1.53. The minimum atomic E-state index is -1.63. The van der Waals surface area contributed by atoms with Crippen molar-refractivity contribution in [3.05, 3.63) is 78.4 Å². The van der Waals surface area contributed by atoms with Crippen LogP contribution < -0.4 is 10.1 Å². The Hall–Kier alpha value is -3.45. The lowest BCUT2D eigenvalue weighted by molar-refractivity contribution is -0.151. The van der Waals surface area contributed by atoms with E-state index in [0.29, 0.717) is 17.7 Å². The molecule has 4 rings (SSSR count). The van der Waals surface area contributed by atoms with Crippen LogP contribution in [-0.4, -0.2) is 47.0 Å². The number of para-hydroxylation sites is 1. The van der Waals surface area contributed by atoms with Crippen molar-refractivity contribution in [2.45, 2.75) is 24.4 Å². The van der Waals surface area contributed by atoms with Crippen LogP contribution in [0.2, 0.25) is 0 Å². The average Bonchev–Trinajstić information content (AvgIpc) is 3.27. The number of benzene rings is 2. The molecule has 2 heterocycles. The lowest BCUT2D eigenvalue weighted by atomic mass is 9.76. The van der Waals surface area contributed by atoms with E-state index in [4.69, 9.17) is 4.74 Å². The van der Waals surface area contributed by atoms with E-state index in [9.17, 15) is 19.5 Å². The highest BCUT2D eigenvalue weighted by Crippen LogP contribution is 2.51. The van der Waals surface area contributed by atoms with Gasteiger partial charge in [-0.25, -0.2) is 0 Å². The van der Waals surface area contributed by atoms with E-state index in [0.717, 1.165) is 5.56 Å². The monoisotopic (exact) mass is 434 g/mol. The van der Waals surface area contributed by atoms with Crippen LogP contribution in [0, 0.1) is 11.8 Å². The summed E-state index contributed by atoms with van der Waals surface area (Å²) < 4.78 is 5.50. The summed E-state index contributed by atoms with van der Waals surface area (Å²) in [6.07, 6.45) is 2.16. The number of hydrogen-bond donors (Lipinski definition) is 2. The molecular formula is C25H26N2O5. The molecule has 0 radical (unpaired) electrons. The molecule has 0 aliphatic carbocycles. The molecule has 2 aromatic rings. The number of likely N-dealkylation sites (tertiary alicyclic amines) is 1. The Kier molecular flexibility index (Phi) is 5.84. The Morgan fingerprint density at radius 2 is 1.84 bits per heavy atom. The molecule has 0 saturated carbocycles. The fourth-order valence-corrected chi connectivity index (χ4v) is 5.05. The van der Waals surface area contributed by atoms with E-state index in [-0.39, 0.29) is 18.9 Å². The van der Waals surface area contributed by atoms with Gasteiger partial charge >= 0.3 is 5.97 Å². The number of ether oxygens (including phenoxy) is 1. The Morgan fingerprint density at radius 1 is 1.16 bits per heavy atom. The summed E-state index contributed by atoms with van der Waals surface area (Å²) >= 11 is 0. The minimum absolute atomic E-state index is 0.0737. The van der Waals surface area contributed by atoms with Gasteiger partial charge in [-0.1, -0.05) is 54.6 Å². The smallest absolute Gasteiger partial charge is 0.325 e. The van der Waals surface area contributed by atoms with Crippen molar-refractivity contribution < 1.29 is 24.2 Å². The third-order valence-electron chi connectivity index (χ3n) is 6.48. The molecule has 7 nitrogen and oxygen atoms in total. The first kappa shape index (κ1) is 21.8. The predicted octanol–water partition coefficient (Wildman–Crippen LogP) is 2.58. The second kappa shape index (κ2) is 8.59. The third kappa shape index (κ3) is 3.39. The predicted molar refractivity (Wildman–Crippen MR) is 118 cm³/mol. The van der Waals surface area contributed by atoms with E-state index in [1.54, 1.807) is 24.3 Å². The number of imide groups is 1. The van der Waals surface area contributed by atoms with Crippen LogP contribution in [0.25, 0.3) is 0 Å². The zero-order chi connectivity index (χ0) is 22.9. The molecule has 166 valence electrons. The largest absolute Gasteiger partial charge is 0.496 e. The van der Waals surface area contributed by atoms with E-state index < -0.39 is 35.3 Å². The fraction of sp³-hybridized carbons (Fsp3) is 0.320. The van der Waals surface area contributed by atoms with Crippen LogP contribution >= 0.6 is 0 Å². The van der Waals surface area contributed by atoms with Crippen molar-refractivity contribution in [2.24, 2.45) is 11.8 Å². The zero-order valence-electron chi connectivity index (χ0n) is 17.9. The zero-order valence-corrected chi connectivity index (χ0v) is 17.9. The first-order valence-corrected chi connectivity index (χ1v) is 10.6. The van der Waals surface area contributed by atoms with Crippen LogP contribution in [0.15, 0.2) is 67.3 Å². The van der Waals surface area contributed by atoms with E-state index in [2.05, 4.69) is 11.9 Å². The number of carbonyl (C=O) groups excluding carboxylic acids is 2. The highest BCUT2D eigenvalue weighted by Gasteiger charge is 2.68. The lowest BCUT2D eigenvalue weighted by Gasteiger charge is -2.31. The van der Waals surface area contributed by atoms with Gasteiger partial charge in [-0.05, 0) is 18.1 Å². The Labute approximate surface area is 186 Å². The van der Waals surface area contributed by atoms with E-state index >= 15 is 0 Å². The van der Waals surface area contributed by atoms with Gasteiger partial charge in [0.2, 0.25) is 11.8 Å². The van der Waals surface area contributed by atoms with Gasteiger partial charge in [0.05, 0.1) is 18.9 Å². The summed E-state index contributed by atoms with van der Waals surface area (Å²) in [5, 5.41) is 13.7. The molecule has 0 aromatic heterocycles. The molecule has 2 amide bonds. The van der Waals surface area contributed by atoms with Crippen LogP contribution in [-0.2, 0) is 20.8 Å². The minimum Gasteiger partial charge on any atom is -0.496 e. The molecule has 4 unspecified atom stereocenters. The molecule has 2 aliphatic heterocycles. The summed E-state index contributed by atoms with van der Waals surface area (Å²) in [4.78, 5) is 40.9. The van der Waals surface area contributed by atoms with Crippen molar-refractivity contribution in [2.75, 3.05) is 13.7 Å². The third-order valence-corrected chi connectivity index (χ3v) is 6.48. The molecule has 2 aliphatic rings. The number of amides is 2. The Bertz CT molecular complexity index is 1050. The summed E-state index contributed by atoms with van der Waals surface area (Å²) in [6, 6.07) is 15.7. The maximum Gasteiger partial charge on any atom is 0.325 e. The van der Waals surface area contributed by atoms with Crippen LogP contribution in [0.1, 0.15) is 23.6 Å². The quantitative estimate of drug-likeness (QED) is 0.490. The van der Waals surface area contributed by atoms with Crippen molar-refractivity contribution in [1.82, 2.24) is 10.2 Å². The Morgan fingerprint density at radius 3 is 2.50 bits per heavy atom. The number of hydrogen-bond acceptors (Lipinski definition) is 5. The van der Waals surface area contributed by atoms with Gasteiger partial charge in [-0.2, -0.15) is 0 Å². The van der Waals surface area contributed by atoms with Gasteiger partial charge in [0.1, 0.15) is 11.3 Å². The number of methoxy groups -OCH3 is 1.